The highest BCUT2D eigenvalue weighted by Crippen LogP contribution is 2.10. The van der Waals surface area contributed by atoms with E-state index < -0.39 is 22.1 Å². The molecule has 2 aromatic heterocycles. The van der Waals surface area contributed by atoms with Gasteiger partial charge in [-0.15, -0.1) is 4.40 Å². The van der Waals surface area contributed by atoms with E-state index in [1.54, 1.807) is 0 Å². The van der Waals surface area contributed by atoms with Gasteiger partial charge in [-0.3, -0.25) is 4.98 Å². The first-order valence-electron chi connectivity index (χ1n) is 3.58. The molecule has 8 nitrogen and oxygen atoms in total. The minimum atomic E-state index is -0.833. The molecule has 2 aromatic rings. The molecule has 0 unspecified atom stereocenters. The van der Waals surface area contributed by atoms with Crippen LogP contribution in [0.2, 0.25) is 0 Å². The molecule has 0 aliphatic heterocycles. The lowest BCUT2D eigenvalue weighted by Crippen LogP contribution is -2.27. The summed E-state index contributed by atoms with van der Waals surface area (Å²) in [5.74, 6) is -0.391. The van der Waals surface area contributed by atoms with Crippen LogP contribution in [-0.4, -0.2) is 19.3 Å². The predicted molar refractivity (Wildman–Crippen MR) is 45.3 cm³/mol. The van der Waals surface area contributed by atoms with Crippen molar-refractivity contribution in [3.63, 3.8) is 0 Å². The van der Waals surface area contributed by atoms with E-state index in [-0.39, 0.29) is 5.65 Å². The molecule has 14 heavy (non-hydrogen) atoms. The van der Waals surface area contributed by atoms with Crippen LogP contribution in [0.25, 0.3) is 5.65 Å². The minimum absolute atomic E-state index is 0.0884. The summed E-state index contributed by atoms with van der Waals surface area (Å²) in [6.07, 6.45) is 0. The van der Waals surface area contributed by atoms with Crippen LogP contribution in [0.5, 0.6) is 0 Å². The van der Waals surface area contributed by atoms with Gasteiger partial charge in [-0.05, 0) is 4.92 Å². The Morgan fingerprint density at radius 1 is 1.29 bits per heavy atom. The Morgan fingerprint density at radius 2 is 2.00 bits per heavy atom. The number of hydrogen-bond acceptors (Lipinski definition) is 4. The molecular weight excluding hydrogens is 192 g/mol. The van der Waals surface area contributed by atoms with Gasteiger partial charge in [0.1, 0.15) is 0 Å². The molecule has 2 N–H and O–H groups in total. The van der Waals surface area contributed by atoms with Crippen LogP contribution in [0.3, 0.4) is 0 Å². The third-order valence-electron chi connectivity index (χ3n) is 1.71. The Balaban J connectivity index is 3.00. The van der Waals surface area contributed by atoms with Crippen LogP contribution in [0.1, 0.15) is 0 Å². The van der Waals surface area contributed by atoms with Crippen LogP contribution in [0, 0.1) is 10.1 Å². The number of rotatable bonds is 1. The summed E-state index contributed by atoms with van der Waals surface area (Å²) < 4.78 is 0.779. The maximum Gasteiger partial charge on any atom is 0.423 e. The third kappa shape index (κ3) is 1.01. The number of aromatic amines is 2. The van der Waals surface area contributed by atoms with Gasteiger partial charge >= 0.3 is 17.2 Å². The lowest BCUT2D eigenvalue weighted by atomic mass is 10.6. The average Bonchev–Trinajstić information content (AvgIpc) is 2.47. The van der Waals surface area contributed by atoms with Crippen molar-refractivity contribution in [3.05, 3.63) is 43.2 Å². The zero-order chi connectivity index (χ0) is 10.3. The van der Waals surface area contributed by atoms with E-state index in [0.29, 0.717) is 0 Å². The molecule has 0 aromatic carbocycles. The van der Waals surface area contributed by atoms with Gasteiger partial charge in [-0.1, -0.05) is 0 Å². The van der Waals surface area contributed by atoms with E-state index >= 15 is 0 Å². The fraction of sp³-hybridized carbons (Fsp3) is 0. The molecule has 0 aliphatic carbocycles. The fourth-order valence-corrected chi connectivity index (χ4v) is 1.18. The molecule has 0 fully saturated rings. The molecular formula is C6H4N4O4. The van der Waals surface area contributed by atoms with Crippen molar-refractivity contribution >= 4 is 11.5 Å². The highest BCUT2D eigenvalue weighted by molar-refractivity contribution is 5.45. The van der Waals surface area contributed by atoms with E-state index in [0.717, 1.165) is 10.5 Å². The largest absolute Gasteiger partial charge is 0.423 e. The Bertz CT molecular complexity index is 619. The van der Waals surface area contributed by atoms with Crippen molar-refractivity contribution in [1.29, 1.82) is 0 Å². The topological polar surface area (TPSA) is 113 Å². The summed E-state index contributed by atoms with van der Waals surface area (Å²) in [7, 11) is 0. The Kier molecular flexibility index (Phi) is 1.50. The minimum Gasteiger partial charge on any atom is -0.358 e. The number of nitrogens with one attached hydrogen (secondary N) is 2. The molecule has 0 radical (unpaired) electrons. The van der Waals surface area contributed by atoms with E-state index in [2.05, 4.69) is 4.98 Å². The Hall–Kier alpha value is -2.38. The maximum atomic E-state index is 11.2. The van der Waals surface area contributed by atoms with Gasteiger partial charge in [0.2, 0.25) is 5.65 Å². The zero-order valence-corrected chi connectivity index (χ0v) is 6.68. The number of nitrogens with zero attached hydrogens (tertiary/aromatic N) is 2. The summed E-state index contributed by atoms with van der Waals surface area (Å²) in [4.78, 5) is 35.8. The van der Waals surface area contributed by atoms with Crippen LogP contribution < -0.4 is 11.4 Å². The Labute approximate surface area is 75.0 Å². The van der Waals surface area contributed by atoms with Crippen LogP contribution in [0.4, 0.5) is 5.82 Å². The van der Waals surface area contributed by atoms with Gasteiger partial charge in [-0.25, -0.2) is 14.6 Å². The molecule has 0 atom stereocenters. The lowest BCUT2D eigenvalue weighted by Gasteiger charge is -1.91. The SMILES string of the molecule is O=c1[nH]c(=O)n2c([N+](=O)[O-])ccc2[nH]1. The second-order valence-corrected chi connectivity index (χ2v) is 2.55. The van der Waals surface area contributed by atoms with Gasteiger partial charge in [-0.2, -0.15) is 0 Å². The summed E-state index contributed by atoms with van der Waals surface area (Å²) in [5.41, 5.74) is -1.44. The van der Waals surface area contributed by atoms with E-state index in [1.165, 1.54) is 6.07 Å². The standard InChI is InChI=1S/C6H4N4O4/c11-5-7-3-1-2-4(10(13)14)9(3)6(12)8-5/h1-2H,(H2,7,8,11,12). The second kappa shape index (κ2) is 2.55. The summed E-state index contributed by atoms with van der Waals surface area (Å²) in [6, 6.07) is 2.43. The highest BCUT2D eigenvalue weighted by atomic mass is 16.6. The lowest BCUT2D eigenvalue weighted by molar-refractivity contribution is -0.390. The summed E-state index contributed by atoms with van der Waals surface area (Å²) >= 11 is 0. The summed E-state index contributed by atoms with van der Waals surface area (Å²) in [5, 5.41) is 10.5. The fourth-order valence-electron chi connectivity index (χ4n) is 1.18. The molecule has 2 heterocycles. The number of H-pyrrole nitrogens is 2. The van der Waals surface area contributed by atoms with E-state index in [9.17, 15) is 19.7 Å². The first-order chi connectivity index (χ1) is 6.59. The van der Waals surface area contributed by atoms with Gasteiger partial charge in [0.25, 0.3) is 0 Å². The van der Waals surface area contributed by atoms with Crippen molar-refractivity contribution in [2.24, 2.45) is 0 Å². The number of hydrogen-bond donors (Lipinski definition) is 2. The van der Waals surface area contributed by atoms with Crippen molar-refractivity contribution in [2.45, 2.75) is 0 Å². The van der Waals surface area contributed by atoms with Crippen LogP contribution in [0.15, 0.2) is 21.7 Å². The predicted octanol–water partition coefficient (Wildman–Crippen LogP) is -0.776. The van der Waals surface area contributed by atoms with Gasteiger partial charge < -0.3 is 10.1 Å². The average molecular weight is 196 g/mol. The molecule has 2 rings (SSSR count). The zero-order valence-electron chi connectivity index (χ0n) is 6.68. The monoisotopic (exact) mass is 196 g/mol. The third-order valence-corrected chi connectivity index (χ3v) is 1.71. The van der Waals surface area contributed by atoms with Gasteiger partial charge in [0.05, 0.1) is 0 Å². The van der Waals surface area contributed by atoms with E-state index in [4.69, 9.17) is 0 Å². The van der Waals surface area contributed by atoms with Crippen molar-refractivity contribution in [1.82, 2.24) is 14.4 Å². The second-order valence-electron chi connectivity index (χ2n) is 2.55. The van der Waals surface area contributed by atoms with Crippen molar-refractivity contribution in [3.8, 4) is 0 Å². The van der Waals surface area contributed by atoms with Crippen molar-refractivity contribution in [2.75, 3.05) is 0 Å². The molecule has 0 bridgehead atoms. The maximum absolute atomic E-state index is 11.2. The first-order valence-corrected chi connectivity index (χ1v) is 3.58. The Morgan fingerprint density at radius 3 is 2.64 bits per heavy atom. The first kappa shape index (κ1) is 8.23. The highest BCUT2D eigenvalue weighted by Gasteiger charge is 2.15. The van der Waals surface area contributed by atoms with Gasteiger partial charge in [0, 0.05) is 12.1 Å². The molecule has 0 saturated heterocycles. The number of nitro groups is 1. The summed E-state index contributed by atoms with van der Waals surface area (Å²) in [6.45, 7) is 0. The van der Waals surface area contributed by atoms with Crippen LogP contribution in [-0.2, 0) is 0 Å². The number of aromatic nitrogens is 3. The van der Waals surface area contributed by atoms with E-state index in [1.807, 2.05) is 4.98 Å². The normalized spacial score (nSPS) is 10.6. The molecule has 0 amide bonds. The number of fused-ring (bicyclic) bond motifs is 1. The molecule has 8 heteroatoms. The molecule has 0 aliphatic rings. The van der Waals surface area contributed by atoms with Crippen molar-refractivity contribution < 1.29 is 4.92 Å². The molecule has 0 saturated carbocycles. The quantitative estimate of drug-likeness (QED) is 0.460. The molecule has 0 spiro atoms. The molecule has 72 valence electrons. The van der Waals surface area contributed by atoms with Gasteiger partial charge in [0.15, 0.2) is 0 Å². The van der Waals surface area contributed by atoms with Crippen LogP contribution >= 0.6 is 0 Å². The smallest absolute Gasteiger partial charge is 0.358 e.